The second-order valence-corrected chi connectivity index (χ2v) is 8.83. The molecule has 2 atom stereocenters. The van der Waals surface area contributed by atoms with Gasteiger partial charge in [0.15, 0.2) is 0 Å². The Kier molecular flexibility index (Phi) is 4.00. The Morgan fingerprint density at radius 2 is 1.71 bits per heavy atom. The lowest BCUT2D eigenvalue weighted by Crippen LogP contribution is -2.56. The molecule has 3 rings (SSSR count). The highest BCUT2D eigenvalue weighted by Gasteiger charge is 2.44. The molecular weight excluding hydrogens is 308 g/mol. The highest BCUT2D eigenvalue weighted by Crippen LogP contribution is 2.34. The maximum Gasteiger partial charge on any atom is 0.410 e. The van der Waals surface area contributed by atoms with Crippen LogP contribution in [0.1, 0.15) is 60.3 Å². The van der Waals surface area contributed by atoms with Crippen LogP contribution in [-0.4, -0.2) is 51.9 Å². The van der Waals surface area contributed by atoms with E-state index in [2.05, 4.69) is 35.8 Å². The number of hydrogen-bond acceptors (Lipinski definition) is 6. The van der Waals surface area contributed by atoms with Gasteiger partial charge in [-0.05, 0) is 38.8 Å². The van der Waals surface area contributed by atoms with Gasteiger partial charge in [-0.25, -0.2) is 4.79 Å². The maximum atomic E-state index is 12.3. The molecule has 0 aromatic carbocycles. The Balaban J connectivity index is 1.72. The van der Waals surface area contributed by atoms with E-state index in [-0.39, 0.29) is 23.6 Å². The van der Waals surface area contributed by atoms with Crippen molar-refractivity contribution in [3.8, 4) is 0 Å². The van der Waals surface area contributed by atoms with Crippen LogP contribution in [0.2, 0.25) is 0 Å². The number of nitrogens with zero attached hydrogens (tertiary/aromatic N) is 4. The summed E-state index contributed by atoms with van der Waals surface area (Å²) in [5, 5.41) is 4.18. The van der Waals surface area contributed by atoms with E-state index in [0.717, 1.165) is 12.8 Å². The lowest BCUT2D eigenvalue weighted by Gasteiger charge is -2.40. The van der Waals surface area contributed by atoms with Gasteiger partial charge in [-0.3, -0.25) is 0 Å². The zero-order valence-electron chi connectivity index (χ0n) is 15.5. The molecule has 0 N–H and O–H groups in total. The number of carbonyl (C=O) groups is 1. The van der Waals surface area contributed by atoms with Crippen LogP contribution >= 0.6 is 0 Å². The van der Waals surface area contributed by atoms with Crippen LogP contribution in [0.3, 0.4) is 0 Å². The largest absolute Gasteiger partial charge is 0.444 e. The summed E-state index contributed by atoms with van der Waals surface area (Å²) in [5.41, 5.74) is -0.634. The van der Waals surface area contributed by atoms with Crippen LogP contribution < -0.4 is 4.90 Å². The van der Waals surface area contributed by atoms with Crippen LogP contribution in [0, 0.1) is 0 Å². The first kappa shape index (κ1) is 17.0. The van der Waals surface area contributed by atoms with Gasteiger partial charge in [0.2, 0.25) is 5.89 Å². The molecule has 2 bridgehead atoms. The molecule has 134 valence electrons. The van der Waals surface area contributed by atoms with Gasteiger partial charge in [0.05, 0.1) is 12.1 Å². The third kappa shape index (κ3) is 3.35. The zero-order chi connectivity index (χ0) is 17.7. The number of fused-ring (bicyclic) bond motifs is 2. The smallest absolute Gasteiger partial charge is 0.410 e. The molecule has 2 aliphatic rings. The normalized spacial score (nSPS) is 24.4. The molecular formula is C17H28N4O3. The molecule has 7 nitrogen and oxygen atoms in total. The summed E-state index contributed by atoms with van der Waals surface area (Å²) in [4.78, 5) is 21.0. The van der Waals surface area contributed by atoms with Crippen molar-refractivity contribution in [2.45, 2.75) is 77.5 Å². The van der Waals surface area contributed by atoms with E-state index in [1.165, 1.54) is 0 Å². The summed E-state index contributed by atoms with van der Waals surface area (Å²) < 4.78 is 10.9. The molecule has 1 aromatic heterocycles. The topological polar surface area (TPSA) is 71.7 Å². The van der Waals surface area contributed by atoms with Gasteiger partial charge in [-0.15, -0.1) is 0 Å². The number of piperazine rings is 1. The van der Waals surface area contributed by atoms with Gasteiger partial charge >= 0.3 is 6.09 Å². The van der Waals surface area contributed by atoms with E-state index < -0.39 is 5.60 Å². The molecule has 2 aliphatic heterocycles. The van der Waals surface area contributed by atoms with Gasteiger partial charge in [0.1, 0.15) is 5.60 Å². The first-order valence-corrected chi connectivity index (χ1v) is 8.65. The lowest BCUT2D eigenvalue weighted by molar-refractivity contribution is 0.0208. The summed E-state index contributed by atoms with van der Waals surface area (Å²) in [6.45, 7) is 13.1. The van der Waals surface area contributed by atoms with Gasteiger partial charge < -0.3 is 19.1 Å². The number of aromatic nitrogens is 2. The van der Waals surface area contributed by atoms with Crippen molar-refractivity contribution in [2.75, 3.05) is 18.0 Å². The molecule has 0 radical (unpaired) electrons. The maximum absolute atomic E-state index is 12.3. The summed E-state index contributed by atoms with van der Waals surface area (Å²) in [5.74, 6) is 1.29. The van der Waals surface area contributed by atoms with Crippen LogP contribution in [0.15, 0.2) is 4.52 Å². The van der Waals surface area contributed by atoms with E-state index >= 15 is 0 Å². The monoisotopic (exact) mass is 336 g/mol. The van der Waals surface area contributed by atoms with Crippen LogP contribution in [0.25, 0.3) is 0 Å². The van der Waals surface area contributed by atoms with Crippen LogP contribution in [0.4, 0.5) is 10.7 Å². The minimum Gasteiger partial charge on any atom is -0.444 e. The molecule has 0 saturated carbocycles. The number of hydrogen-bond donors (Lipinski definition) is 0. The van der Waals surface area contributed by atoms with Crippen molar-refractivity contribution in [1.29, 1.82) is 0 Å². The molecule has 0 aliphatic carbocycles. The number of ether oxygens (including phenoxy) is 1. The first-order valence-electron chi connectivity index (χ1n) is 8.65. The molecule has 7 heteroatoms. The van der Waals surface area contributed by atoms with Crippen molar-refractivity contribution >= 4 is 12.0 Å². The minimum atomic E-state index is -0.470. The molecule has 2 fully saturated rings. The fraction of sp³-hybridized carbons (Fsp3) is 0.824. The third-order valence-electron chi connectivity index (χ3n) is 4.42. The molecule has 0 spiro atoms. The van der Waals surface area contributed by atoms with E-state index in [1.54, 1.807) is 0 Å². The van der Waals surface area contributed by atoms with Crippen LogP contribution in [-0.2, 0) is 10.2 Å². The Hall–Kier alpha value is -1.79. The number of rotatable bonds is 1. The summed E-state index contributed by atoms with van der Waals surface area (Å²) in [6, 6.07) is 0.448. The number of carbonyl (C=O) groups excluding carboxylic acids is 1. The highest BCUT2D eigenvalue weighted by atomic mass is 16.6. The fourth-order valence-corrected chi connectivity index (χ4v) is 3.33. The molecule has 2 saturated heterocycles. The molecule has 2 unspecified atom stereocenters. The second kappa shape index (κ2) is 5.63. The van der Waals surface area contributed by atoms with Crippen molar-refractivity contribution in [3.63, 3.8) is 0 Å². The minimum absolute atomic E-state index is 0.164. The van der Waals surface area contributed by atoms with E-state index in [4.69, 9.17) is 9.26 Å². The van der Waals surface area contributed by atoms with Crippen LogP contribution in [0.5, 0.6) is 0 Å². The third-order valence-corrected chi connectivity index (χ3v) is 4.42. The SMILES string of the molecule is CC(C)(C)OC(=O)N1CC2CCC(C1)N2c1noc(C(C)(C)C)n1. The summed E-state index contributed by atoms with van der Waals surface area (Å²) in [7, 11) is 0. The van der Waals surface area contributed by atoms with E-state index in [0.29, 0.717) is 24.9 Å². The Labute approximate surface area is 143 Å². The average molecular weight is 336 g/mol. The Morgan fingerprint density at radius 1 is 1.12 bits per heavy atom. The molecule has 1 amide bonds. The molecule has 3 heterocycles. The number of amides is 1. The predicted octanol–water partition coefficient (Wildman–Crippen LogP) is 2.96. The highest BCUT2D eigenvalue weighted by molar-refractivity contribution is 5.69. The van der Waals surface area contributed by atoms with E-state index in [1.807, 2.05) is 25.7 Å². The first-order chi connectivity index (χ1) is 11.0. The Bertz CT molecular complexity index is 600. The average Bonchev–Trinajstić information content (AvgIpc) is 2.98. The van der Waals surface area contributed by atoms with Gasteiger partial charge in [0.25, 0.3) is 5.95 Å². The number of likely N-dealkylation sites (tertiary alicyclic amines) is 1. The Morgan fingerprint density at radius 3 is 2.17 bits per heavy atom. The second-order valence-electron chi connectivity index (χ2n) is 8.83. The zero-order valence-corrected chi connectivity index (χ0v) is 15.5. The van der Waals surface area contributed by atoms with Crippen molar-refractivity contribution in [2.24, 2.45) is 0 Å². The molecule has 1 aromatic rings. The predicted molar refractivity (Wildman–Crippen MR) is 90.1 cm³/mol. The fourth-order valence-electron chi connectivity index (χ4n) is 3.33. The quantitative estimate of drug-likeness (QED) is 0.785. The molecule has 24 heavy (non-hydrogen) atoms. The van der Waals surface area contributed by atoms with Gasteiger partial charge in [-0.1, -0.05) is 20.8 Å². The van der Waals surface area contributed by atoms with Crippen molar-refractivity contribution in [3.05, 3.63) is 5.89 Å². The summed E-state index contributed by atoms with van der Waals surface area (Å²) >= 11 is 0. The standard InChI is InChI=1S/C17H28N4O3/c1-16(2,3)13-18-14(19-24-13)21-11-7-8-12(21)10-20(9-11)15(22)23-17(4,5)6/h11-12H,7-10H2,1-6H3. The van der Waals surface area contributed by atoms with E-state index in [9.17, 15) is 4.79 Å². The van der Waals surface area contributed by atoms with Gasteiger partial charge in [-0.2, -0.15) is 4.98 Å². The van der Waals surface area contributed by atoms with Crippen molar-refractivity contribution < 1.29 is 14.1 Å². The van der Waals surface area contributed by atoms with Crippen molar-refractivity contribution in [1.82, 2.24) is 15.0 Å². The summed E-state index contributed by atoms with van der Waals surface area (Å²) in [6.07, 6.45) is 1.83. The van der Waals surface area contributed by atoms with Gasteiger partial charge in [0, 0.05) is 18.5 Å². The lowest BCUT2D eigenvalue weighted by atomic mass is 9.97. The number of anilines is 1.